The molecule has 0 bridgehead atoms. The van der Waals surface area contributed by atoms with Gasteiger partial charge in [0.25, 0.3) is 0 Å². The molecule has 0 amide bonds. The standard InChI is InChI=1S/C16H22N2OS/c1-5-8-17-16(15-10-20-12(3)18-15)14-7-6-13(19-4)9-11(14)2/h6-7,9-10,16-17H,5,8H2,1-4H3. The first kappa shape index (κ1) is 15.0. The molecule has 20 heavy (non-hydrogen) atoms. The normalized spacial score (nSPS) is 12.4. The molecule has 1 unspecified atom stereocenters. The van der Waals surface area contributed by atoms with E-state index < -0.39 is 0 Å². The van der Waals surface area contributed by atoms with Crippen molar-refractivity contribution in [2.75, 3.05) is 13.7 Å². The van der Waals surface area contributed by atoms with Gasteiger partial charge in [0.2, 0.25) is 0 Å². The van der Waals surface area contributed by atoms with Crippen LogP contribution in [-0.2, 0) is 0 Å². The summed E-state index contributed by atoms with van der Waals surface area (Å²) in [7, 11) is 1.70. The van der Waals surface area contributed by atoms with E-state index in [1.54, 1.807) is 18.4 Å². The number of aryl methyl sites for hydroxylation is 2. The minimum Gasteiger partial charge on any atom is -0.497 e. The Morgan fingerprint density at radius 2 is 2.15 bits per heavy atom. The lowest BCUT2D eigenvalue weighted by atomic mass is 9.98. The monoisotopic (exact) mass is 290 g/mol. The summed E-state index contributed by atoms with van der Waals surface area (Å²) in [5.74, 6) is 0.898. The van der Waals surface area contributed by atoms with Gasteiger partial charge in [0.05, 0.1) is 23.9 Å². The number of thiazole rings is 1. The maximum absolute atomic E-state index is 5.29. The van der Waals surface area contributed by atoms with E-state index in [1.807, 2.05) is 13.0 Å². The lowest BCUT2D eigenvalue weighted by Gasteiger charge is -2.19. The lowest BCUT2D eigenvalue weighted by Crippen LogP contribution is -2.24. The van der Waals surface area contributed by atoms with Crippen LogP contribution in [0.2, 0.25) is 0 Å². The van der Waals surface area contributed by atoms with E-state index in [-0.39, 0.29) is 6.04 Å². The summed E-state index contributed by atoms with van der Waals surface area (Å²) in [4.78, 5) is 4.65. The predicted molar refractivity (Wildman–Crippen MR) is 84.7 cm³/mol. The van der Waals surface area contributed by atoms with Crippen LogP contribution in [0.15, 0.2) is 23.6 Å². The molecule has 1 atom stereocenters. The Labute approximate surface area is 125 Å². The zero-order chi connectivity index (χ0) is 14.5. The van der Waals surface area contributed by atoms with E-state index >= 15 is 0 Å². The van der Waals surface area contributed by atoms with Crippen LogP contribution < -0.4 is 10.1 Å². The van der Waals surface area contributed by atoms with Crippen molar-refractivity contribution >= 4 is 11.3 Å². The highest BCUT2D eigenvalue weighted by Crippen LogP contribution is 2.28. The van der Waals surface area contributed by atoms with Gasteiger partial charge in [-0.25, -0.2) is 4.98 Å². The molecule has 4 heteroatoms. The molecule has 2 rings (SSSR count). The van der Waals surface area contributed by atoms with Crippen LogP contribution in [0.25, 0.3) is 0 Å². The third-order valence-electron chi connectivity index (χ3n) is 3.32. The van der Waals surface area contributed by atoms with Gasteiger partial charge < -0.3 is 10.1 Å². The quantitative estimate of drug-likeness (QED) is 0.877. The topological polar surface area (TPSA) is 34.2 Å². The largest absolute Gasteiger partial charge is 0.497 e. The third kappa shape index (κ3) is 3.38. The molecule has 0 saturated heterocycles. The second-order valence-electron chi connectivity index (χ2n) is 4.90. The summed E-state index contributed by atoms with van der Waals surface area (Å²) in [6.07, 6.45) is 1.11. The zero-order valence-electron chi connectivity index (χ0n) is 12.6. The summed E-state index contributed by atoms with van der Waals surface area (Å²) in [6, 6.07) is 6.39. The molecule has 0 aliphatic heterocycles. The number of benzene rings is 1. The maximum atomic E-state index is 5.29. The van der Waals surface area contributed by atoms with Crippen molar-refractivity contribution in [2.45, 2.75) is 33.2 Å². The average Bonchev–Trinajstić information content (AvgIpc) is 2.87. The summed E-state index contributed by atoms with van der Waals surface area (Å²) >= 11 is 1.70. The molecular weight excluding hydrogens is 268 g/mol. The van der Waals surface area contributed by atoms with Crippen LogP contribution in [0, 0.1) is 13.8 Å². The summed E-state index contributed by atoms with van der Waals surface area (Å²) in [5.41, 5.74) is 3.60. The Balaban J connectivity index is 2.35. The molecular formula is C16H22N2OS. The molecule has 0 saturated carbocycles. The van der Waals surface area contributed by atoms with Gasteiger partial charge >= 0.3 is 0 Å². The van der Waals surface area contributed by atoms with E-state index in [0.717, 1.165) is 29.4 Å². The molecule has 108 valence electrons. The summed E-state index contributed by atoms with van der Waals surface area (Å²) in [6.45, 7) is 7.33. The van der Waals surface area contributed by atoms with Crippen molar-refractivity contribution in [1.29, 1.82) is 0 Å². The van der Waals surface area contributed by atoms with Crippen molar-refractivity contribution in [1.82, 2.24) is 10.3 Å². The second-order valence-corrected chi connectivity index (χ2v) is 5.96. The molecule has 0 radical (unpaired) electrons. The Kier molecular flexibility index (Phi) is 5.15. The van der Waals surface area contributed by atoms with Crippen molar-refractivity contribution < 1.29 is 4.74 Å². The molecule has 0 fully saturated rings. The van der Waals surface area contributed by atoms with E-state index in [0.29, 0.717) is 0 Å². The summed E-state index contributed by atoms with van der Waals surface area (Å²) in [5, 5.41) is 6.85. The van der Waals surface area contributed by atoms with Crippen molar-refractivity contribution in [3.05, 3.63) is 45.4 Å². The van der Waals surface area contributed by atoms with Gasteiger partial charge in [-0.2, -0.15) is 0 Å². The van der Waals surface area contributed by atoms with E-state index in [9.17, 15) is 0 Å². The fourth-order valence-electron chi connectivity index (χ4n) is 2.27. The number of nitrogens with zero attached hydrogens (tertiary/aromatic N) is 1. The Bertz CT molecular complexity index is 565. The van der Waals surface area contributed by atoms with Gasteiger partial charge in [0.1, 0.15) is 5.75 Å². The Hall–Kier alpha value is -1.39. The number of nitrogens with one attached hydrogen (secondary N) is 1. The van der Waals surface area contributed by atoms with Gasteiger partial charge in [-0.05, 0) is 50.1 Å². The highest BCUT2D eigenvalue weighted by Gasteiger charge is 2.18. The Morgan fingerprint density at radius 1 is 1.35 bits per heavy atom. The van der Waals surface area contributed by atoms with Gasteiger partial charge in [-0.3, -0.25) is 0 Å². The molecule has 2 aromatic rings. The maximum Gasteiger partial charge on any atom is 0.119 e. The van der Waals surface area contributed by atoms with Crippen molar-refractivity contribution in [3.63, 3.8) is 0 Å². The predicted octanol–water partition coefficient (Wildman–Crippen LogP) is 3.86. The number of ether oxygens (including phenoxy) is 1. The first-order valence-electron chi connectivity index (χ1n) is 6.95. The van der Waals surface area contributed by atoms with Gasteiger partial charge in [-0.15, -0.1) is 11.3 Å². The van der Waals surface area contributed by atoms with E-state index in [4.69, 9.17) is 4.74 Å². The number of aromatic nitrogens is 1. The smallest absolute Gasteiger partial charge is 0.119 e. The second kappa shape index (κ2) is 6.86. The van der Waals surface area contributed by atoms with Crippen LogP contribution in [-0.4, -0.2) is 18.6 Å². The molecule has 0 aliphatic carbocycles. The average molecular weight is 290 g/mol. The first-order chi connectivity index (χ1) is 9.65. The molecule has 0 spiro atoms. The molecule has 3 nitrogen and oxygen atoms in total. The molecule has 1 aromatic carbocycles. The third-order valence-corrected chi connectivity index (χ3v) is 4.11. The fourth-order valence-corrected chi connectivity index (χ4v) is 2.91. The van der Waals surface area contributed by atoms with Crippen LogP contribution >= 0.6 is 11.3 Å². The first-order valence-corrected chi connectivity index (χ1v) is 7.83. The van der Waals surface area contributed by atoms with E-state index in [1.165, 1.54) is 11.1 Å². The van der Waals surface area contributed by atoms with Gasteiger partial charge in [-0.1, -0.05) is 13.0 Å². The van der Waals surface area contributed by atoms with Crippen LogP contribution in [0.1, 0.15) is 41.2 Å². The minimum absolute atomic E-state index is 0.158. The molecule has 1 N–H and O–H groups in total. The van der Waals surface area contributed by atoms with Crippen molar-refractivity contribution in [2.24, 2.45) is 0 Å². The van der Waals surface area contributed by atoms with Crippen molar-refractivity contribution in [3.8, 4) is 5.75 Å². The summed E-state index contributed by atoms with van der Waals surface area (Å²) < 4.78 is 5.29. The molecule has 0 aliphatic rings. The minimum atomic E-state index is 0.158. The lowest BCUT2D eigenvalue weighted by molar-refractivity contribution is 0.414. The number of rotatable bonds is 6. The van der Waals surface area contributed by atoms with Gasteiger partial charge in [0.15, 0.2) is 0 Å². The van der Waals surface area contributed by atoms with Crippen LogP contribution in [0.3, 0.4) is 0 Å². The van der Waals surface area contributed by atoms with Gasteiger partial charge in [0, 0.05) is 5.38 Å². The highest BCUT2D eigenvalue weighted by molar-refractivity contribution is 7.09. The number of methoxy groups -OCH3 is 1. The molecule has 1 heterocycles. The van der Waals surface area contributed by atoms with Crippen LogP contribution in [0.5, 0.6) is 5.75 Å². The SMILES string of the molecule is CCCNC(c1csc(C)n1)c1ccc(OC)cc1C. The molecule has 1 aromatic heterocycles. The highest BCUT2D eigenvalue weighted by atomic mass is 32.1. The zero-order valence-corrected chi connectivity index (χ0v) is 13.4. The Morgan fingerprint density at radius 3 is 2.70 bits per heavy atom. The number of hydrogen-bond donors (Lipinski definition) is 1. The fraction of sp³-hybridized carbons (Fsp3) is 0.438. The van der Waals surface area contributed by atoms with E-state index in [2.05, 4.69) is 41.7 Å². The number of hydrogen-bond acceptors (Lipinski definition) is 4. The van der Waals surface area contributed by atoms with Crippen LogP contribution in [0.4, 0.5) is 0 Å².